The van der Waals surface area contributed by atoms with Gasteiger partial charge in [-0.1, -0.05) is 46.0 Å². The minimum atomic E-state index is -1.78. The molecule has 1 aromatic heterocycles. The average molecular weight is 656 g/mol. The molecule has 2 aromatic carbocycles. The molecule has 3 aromatic rings. The summed E-state index contributed by atoms with van der Waals surface area (Å²) in [6.07, 6.45) is -0.541. The Morgan fingerprint density at radius 3 is 2.28 bits per heavy atom. The predicted octanol–water partition coefficient (Wildman–Crippen LogP) is 4.16. The molecule has 256 valence electrons. The number of hydrogen-bond acceptors (Lipinski definition) is 11. The predicted molar refractivity (Wildman–Crippen MR) is 173 cm³/mol. The fourth-order valence-electron chi connectivity index (χ4n) is 5.82. The lowest BCUT2D eigenvalue weighted by Gasteiger charge is -2.40. The number of hydrogen-bond donors (Lipinski definition) is 5. The number of rotatable bonds is 13. The number of carbonyl (C=O) groups excluding carboxylic acids is 1. The van der Waals surface area contributed by atoms with Gasteiger partial charge in [0.2, 0.25) is 12.0 Å². The summed E-state index contributed by atoms with van der Waals surface area (Å²) < 4.78 is 29.4. The van der Waals surface area contributed by atoms with E-state index in [9.17, 15) is 30.0 Å². The molecule has 47 heavy (non-hydrogen) atoms. The van der Waals surface area contributed by atoms with Crippen molar-refractivity contribution in [2.24, 2.45) is 0 Å². The fourth-order valence-corrected chi connectivity index (χ4v) is 5.82. The monoisotopic (exact) mass is 655 g/mol. The topological polar surface area (TPSA) is 177 Å². The minimum absolute atomic E-state index is 0.0383. The molecule has 1 saturated heterocycles. The molecule has 1 saturated carbocycles. The standard InChI is InChI=1S/C35H45NO11/c1-3-5-16-43-22-14-12-20(13-15-22)24-18-23(37)27-25(45-24)19-26(32(28(27)38)44-17-6-4-2)46-35-31(41)29(39)30(40)33(47-35)34(42)36-21-10-8-7-9-11-21/h12-15,18-19,21,29-31,33,35,38-41H,3-11,16-17H2,1-2H3,(H,36,42). The van der Waals surface area contributed by atoms with Crippen molar-refractivity contribution >= 4 is 16.9 Å². The quantitative estimate of drug-likeness (QED) is 0.167. The van der Waals surface area contributed by atoms with Crippen LogP contribution in [0, 0.1) is 0 Å². The van der Waals surface area contributed by atoms with Crippen LogP contribution in [-0.4, -0.2) is 76.3 Å². The normalized spacial score (nSPS) is 23.4. The molecule has 5 unspecified atom stereocenters. The van der Waals surface area contributed by atoms with Gasteiger partial charge in [0.15, 0.2) is 23.0 Å². The summed E-state index contributed by atoms with van der Waals surface area (Å²) in [6.45, 7) is 4.80. The zero-order valence-electron chi connectivity index (χ0n) is 26.9. The lowest BCUT2D eigenvalue weighted by atomic mass is 9.94. The van der Waals surface area contributed by atoms with E-state index in [1.54, 1.807) is 24.3 Å². The number of nitrogens with one attached hydrogen (secondary N) is 1. The first-order valence-corrected chi connectivity index (χ1v) is 16.6. The van der Waals surface area contributed by atoms with Crippen molar-refractivity contribution < 1.29 is 48.6 Å². The Morgan fingerprint density at radius 1 is 0.915 bits per heavy atom. The van der Waals surface area contributed by atoms with Crippen molar-refractivity contribution in [2.75, 3.05) is 13.2 Å². The Labute approximate surface area is 273 Å². The van der Waals surface area contributed by atoms with Gasteiger partial charge in [0.25, 0.3) is 5.91 Å². The molecular formula is C35H45NO11. The first kappa shape index (κ1) is 34.5. The number of benzene rings is 2. The first-order valence-electron chi connectivity index (χ1n) is 16.6. The van der Waals surface area contributed by atoms with E-state index in [1.807, 2.05) is 6.92 Å². The molecule has 1 amide bonds. The van der Waals surface area contributed by atoms with Gasteiger partial charge in [-0.05, 0) is 49.9 Å². The van der Waals surface area contributed by atoms with E-state index in [4.69, 9.17) is 23.4 Å². The molecule has 5 N–H and O–H groups in total. The highest BCUT2D eigenvalue weighted by Gasteiger charge is 2.48. The molecule has 12 nitrogen and oxygen atoms in total. The molecule has 0 bridgehead atoms. The van der Waals surface area contributed by atoms with Gasteiger partial charge < -0.3 is 49.1 Å². The number of amides is 1. The van der Waals surface area contributed by atoms with Crippen molar-refractivity contribution in [3.8, 4) is 34.3 Å². The molecule has 12 heteroatoms. The highest BCUT2D eigenvalue weighted by Crippen LogP contribution is 2.44. The largest absolute Gasteiger partial charge is 0.504 e. The van der Waals surface area contributed by atoms with E-state index in [-0.39, 0.29) is 40.9 Å². The first-order chi connectivity index (χ1) is 22.7. The van der Waals surface area contributed by atoms with E-state index in [2.05, 4.69) is 12.2 Å². The van der Waals surface area contributed by atoms with Crippen LogP contribution in [0.5, 0.6) is 23.0 Å². The molecule has 5 atom stereocenters. The lowest BCUT2D eigenvalue weighted by molar-refractivity contribution is -0.267. The molecule has 1 aliphatic carbocycles. The van der Waals surface area contributed by atoms with Crippen LogP contribution >= 0.6 is 0 Å². The second-order valence-electron chi connectivity index (χ2n) is 12.2. The second kappa shape index (κ2) is 15.8. The summed E-state index contributed by atoms with van der Waals surface area (Å²) in [7, 11) is 0. The van der Waals surface area contributed by atoms with Gasteiger partial charge in [-0.3, -0.25) is 9.59 Å². The maximum atomic E-state index is 13.3. The van der Waals surface area contributed by atoms with Crippen molar-refractivity contribution in [2.45, 2.75) is 108 Å². The summed E-state index contributed by atoms with van der Waals surface area (Å²) in [6, 6.07) is 9.56. The van der Waals surface area contributed by atoms with Crippen LogP contribution in [0.25, 0.3) is 22.3 Å². The number of unbranched alkanes of at least 4 members (excludes halogenated alkanes) is 2. The molecule has 2 heterocycles. The number of aliphatic hydroxyl groups excluding tert-OH is 3. The Bertz CT molecular complexity index is 1550. The smallest absolute Gasteiger partial charge is 0.252 e. The molecule has 5 rings (SSSR count). The van der Waals surface area contributed by atoms with Gasteiger partial charge in [0, 0.05) is 23.7 Å². The van der Waals surface area contributed by atoms with Crippen molar-refractivity contribution in [3.63, 3.8) is 0 Å². The number of ether oxygens (including phenoxy) is 4. The van der Waals surface area contributed by atoms with Crippen LogP contribution in [0.2, 0.25) is 0 Å². The molecule has 1 aliphatic heterocycles. The Hall–Kier alpha value is -3.84. The second-order valence-corrected chi connectivity index (χ2v) is 12.2. The van der Waals surface area contributed by atoms with Crippen LogP contribution < -0.4 is 25.0 Å². The highest BCUT2D eigenvalue weighted by molar-refractivity contribution is 5.89. The van der Waals surface area contributed by atoms with E-state index in [0.717, 1.165) is 51.4 Å². The number of carbonyl (C=O) groups is 1. The third-order valence-corrected chi connectivity index (χ3v) is 8.59. The Kier molecular flexibility index (Phi) is 11.6. The van der Waals surface area contributed by atoms with Crippen molar-refractivity contribution in [3.05, 3.63) is 46.6 Å². The van der Waals surface area contributed by atoms with Crippen LogP contribution in [0.15, 0.2) is 45.6 Å². The van der Waals surface area contributed by atoms with Gasteiger partial charge >= 0.3 is 0 Å². The molecular weight excluding hydrogens is 610 g/mol. The number of aliphatic hydroxyl groups is 3. The molecule has 0 spiro atoms. The van der Waals surface area contributed by atoms with E-state index in [1.165, 1.54) is 12.1 Å². The van der Waals surface area contributed by atoms with Crippen molar-refractivity contribution in [1.82, 2.24) is 5.32 Å². The average Bonchev–Trinajstić information content (AvgIpc) is 3.07. The SMILES string of the molecule is CCCCOc1ccc(-c2cc(=O)c3c(O)c(OCCCC)c(OC4OC(C(=O)NC5CCCCC5)C(O)C(O)C4O)cc3o2)cc1. The summed E-state index contributed by atoms with van der Waals surface area (Å²) in [4.78, 5) is 26.4. The number of fused-ring (bicyclic) bond motifs is 1. The van der Waals surface area contributed by atoms with E-state index in [0.29, 0.717) is 24.3 Å². The van der Waals surface area contributed by atoms with Gasteiger partial charge in [-0.2, -0.15) is 0 Å². The fraction of sp³-hybridized carbons (Fsp3) is 0.543. The van der Waals surface area contributed by atoms with E-state index < -0.39 is 47.8 Å². The number of aromatic hydroxyl groups is 1. The highest BCUT2D eigenvalue weighted by atomic mass is 16.7. The summed E-state index contributed by atoms with van der Waals surface area (Å²) in [5.74, 6) is -0.631. The maximum Gasteiger partial charge on any atom is 0.252 e. The molecule has 2 fully saturated rings. The number of phenols is 1. The summed E-state index contributed by atoms with van der Waals surface area (Å²) >= 11 is 0. The molecule has 0 radical (unpaired) electrons. The zero-order chi connectivity index (χ0) is 33.5. The zero-order valence-corrected chi connectivity index (χ0v) is 26.9. The van der Waals surface area contributed by atoms with E-state index >= 15 is 0 Å². The third-order valence-electron chi connectivity index (χ3n) is 8.59. The Morgan fingerprint density at radius 2 is 1.60 bits per heavy atom. The third kappa shape index (κ3) is 8.01. The van der Waals surface area contributed by atoms with Crippen LogP contribution in [0.4, 0.5) is 0 Å². The lowest BCUT2D eigenvalue weighted by Crippen LogP contribution is -2.63. The van der Waals surface area contributed by atoms with Crippen LogP contribution in [0.3, 0.4) is 0 Å². The summed E-state index contributed by atoms with van der Waals surface area (Å²) in [5.41, 5.74) is 0.0245. The van der Waals surface area contributed by atoms with Gasteiger partial charge in [0.1, 0.15) is 40.8 Å². The number of phenolic OH excluding ortho intramolecular Hbond substituents is 1. The van der Waals surface area contributed by atoms with Crippen LogP contribution in [-0.2, 0) is 9.53 Å². The van der Waals surface area contributed by atoms with Gasteiger partial charge in [-0.15, -0.1) is 0 Å². The van der Waals surface area contributed by atoms with Crippen LogP contribution in [0.1, 0.15) is 71.6 Å². The van der Waals surface area contributed by atoms with Gasteiger partial charge in [-0.25, -0.2) is 0 Å². The minimum Gasteiger partial charge on any atom is -0.504 e. The Balaban J connectivity index is 1.46. The maximum absolute atomic E-state index is 13.3. The summed E-state index contributed by atoms with van der Waals surface area (Å²) in [5, 5.41) is 46.2. The van der Waals surface area contributed by atoms with Gasteiger partial charge in [0.05, 0.1) is 13.2 Å². The van der Waals surface area contributed by atoms with Crippen molar-refractivity contribution in [1.29, 1.82) is 0 Å². The molecule has 2 aliphatic rings.